The van der Waals surface area contributed by atoms with Crippen molar-refractivity contribution in [2.45, 2.75) is 122 Å². The Bertz CT molecular complexity index is 1060. The summed E-state index contributed by atoms with van der Waals surface area (Å²) in [6.45, 7) is 21.3. The van der Waals surface area contributed by atoms with Crippen molar-refractivity contribution in [3.63, 3.8) is 0 Å². The van der Waals surface area contributed by atoms with E-state index in [1.807, 2.05) is 41.5 Å². The van der Waals surface area contributed by atoms with Crippen LogP contribution in [0.3, 0.4) is 0 Å². The van der Waals surface area contributed by atoms with Crippen molar-refractivity contribution in [1.82, 2.24) is 9.13 Å². The van der Waals surface area contributed by atoms with E-state index in [4.69, 9.17) is 18.9 Å². The van der Waals surface area contributed by atoms with Gasteiger partial charge in [-0.1, -0.05) is 29.0 Å². The zero-order valence-electron chi connectivity index (χ0n) is 23.6. The molecular weight excluding hydrogens is 548 g/mol. The maximum Gasteiger partial charge on any atom is 0.425 e. The minimum Gasteiger partial charge on any atom is -0.443 e. The highest BCUT2D eigenvalue weighted by molar-refractivity contribution is 9.08. The van der Waals surface area contributed by atoms with Crippen LogP contribution < -0.4 is 11.2 Å². The van der Waals surface area contributed by atoms with Crippen LogP contribution >= 0.6 is 15.9 Å². The molecule has 2 rings (SSSR count). The molecule has 0 N–H and O–H groups in total. The number of aromatic nitrogens is 2. The average Bonchev–Trinajstić information content (AvgIpc) is 3.02. The van der Waals surface area contributed by atoms with E-state index in [0.29, 0.717) is 11.0 Å². The molecule has 9 nitrogen and oxygen atoms in total. The molecule has 36 heavy (non-hydrogen) atoms. The molecule has 0 aliphatic carbocycles. The number of halogens is 1. The molecule has 0 amide bonds. The molecule has 0 unspecified atom stereocenters. The van der Waals surface area contributed by atoms with E-state index >= 15 is 0 Å². The fourth-order valence-corrected chi connectivity index (χ4v) is 6.37. The van der Waals surface area contributed by atoms with Crippen molar-refractivity contribution in [3.8, 4) is 0 Å². The zero-order valence-corrected chi connectivity index (χ0v) is 26.3. The molecular formula is C25H43BrN2O7Si. The van der Waals surface area contributed by atoms with E-state index < -0.39 is 48.8 Å². The van der Waals surface area contributed by atoms with Gasteiger partial charge in [0.05, 0.1) is 32.7 Å². The van der Waals surface area contributed by atoms with Crippen LogP contribution in [0.1, 0.15) is 74.3 Å². The molecule has 0 aromatic carbocycles. The van der Waals surface area contributed by atoms with Gasteiger partial charge in [-0.15, -0.1) is 0 Å². The van der Waals surface area contributed by atoms with Gasteiger partial charge >= 0.3 is 11.8 Å². The smallest absolute Gasteiger partial charge is 0.425 e. The van der Waals surface area contributed by atoms with Gasteiger partial charge in [-0.25, -0.2) is 9.59 Å². The summed E-state index contributed by atoms with van der Waals surface area (Å²) < 4.78 is 26.6. The van der Waals surface area contributed by atoms with E-state index in [9.17, 15) is 14.4 Å². The van der Waals surface area contributed by atoms with Crippen LogP contribution in [0.25, 0.3) is 0 Å². The van der Waals surface area contributed by atoms with Crippen molar-refractivity contribution in [2.75, 3.05) is 6.61 Å². The molecule has 0 spiro atoms. The second-order valence-electron chi connectivity index (χ2n) is 12.6. The number of rotatable bonds is 6. The number of ether oxygens (including phenoxy) is 4. The highest BCUT2D eigenvalue weighted by Gasteiger charge is 2.53. The first-order chi connectivity index (χ1) is 16.2. The van der Waals surface area contributed by atoms with Gasteiger partial charge in [-0.3, -0.25) is 9.36 Å². The first kappa shape index (κ1) is 30.9. The SMILES string of the molecule is C[SiH](C)[C@]1(n2cc(CBr)c(=O)n(C(=O)OC(C)(C)C)c2=O)C[C@H](OC(C)(C)C)[C@@H](COC(C)(C)C)O1. The Morgan fingerprint density at radius 2 is 1.67 bits per heavy atom. The first-order valence-corrected chi connectivity index (χ1v) is 16.4. The molecule has 1 saturated heterocycles. The number of hydrogen-bond donors (Lipinski definition) is 0. The van der Waals surface area contributed by atoms with Crippen LogP contribution in [0, 0.1) is 0 Å². The maximum absolute atomic E-state index is 13.8. The lowest BCUT2D eigenvalue weighted by molar-refractivity contribution is -0.140. The van der Waals surface area contributed by atoms with E-state index in [1.165, 1.54) is 10.8 Å². The molecule has 11 heteroatoms. The van der Waals surface area contributed by atoms with Crippen molar-refractivity contribution < 1.29 is 23.7 Å². The van der Waals surface area contributed by atoms with Gasteiger partial charge in [0.1, 0.15) is 17.1 Å². The Labute approximate surface area is 224 Å². The maximum atomic E-state index is 13.8. The Balaban J connectivity index is 2.71. The summed E-state index contributed by atoms with van der Waals surface area (Å²) in [7, 11) is -1.84. The highest BCUT2D eigenvalue weighted by Crippen LogP contribution is 2.40. The molecule has 2 heterocycles. The lowest BCUT2D eigenvalue weighted by Gasteiger charge is -2.35. The molecule has 0 bridgehead atoms. The third-order valence-corrected chi connectivity index (χ3v) is 8.70. The second-order valence-corrected chi connectivity index (χ2v) is 16.4. The number of hydrogen-bond acceptors (Lipinski definition) is 7. The third-order valence-electron chi connectivity index (χ3n) is 5.64. The van der Waals surface area contributed by atoms with E-state index in [-0.39, 0.29) is 29.2 Å². The standard InChI is InChI=1S/C25H43BrN2O7Si/c1-22(2,3)32-15-18-17(33-23(4,5)6)12-25(34-18,36(10)11)27-14-16(13-26)19(29)28(20(27)30)21(31)35-24(7,8)9/h14,17-18,36H,12-13,15H2,1-11H3/t17-,18+,25-/m0/s1. The summed E-state index contributed by atoms with van der Waals surface area (Å²) in [6.07, 6.45) is 0.0836. The molecule has 1 aliphatic rings. The van der Waals surface area contributed by atoms with E-state index in [2.05, 4.69) is 29.0 Å². The minimum atomic E-state index is -1.84. The summed E-state index contributed by atoms with van der Waals surface area (Å²) >= 11 is 3.33. The summed E-state index contributed by atoms with van der Waals surface area (Å²) in [6, 6.07) is 0. The highest BCUT2D eigenvalue weighted by atomic mass is 79.9. The fourth-order valence-electron chi connectivity index (χ4n) is 4.09. The van der Waals surface area contributed by atoms with E-state index in [1.54, 1.807) is 20.8 Å². The minimum absolute atomic E-state index is 0.156. The van der Waals surface area contributed by atoms with Crippen molar-refractivity contribution in [3.05, 3.63) is 32.6 Å². The Kier molecular flexibility index (Phi) is 9.32. The molecule has 1 aromatic heterocycles. The summed E-state index contributed by atoms with van der Waals surface area (Å²) in [5.74, 6) is 0. The average molecular weight is 592 g/mol. The summed E-state index contributed by atoms with van der Waals surface area (Å²) in [5, 5.41) is -0.892. The molecule has 0 saturated carbocycles. The van der Waals surface area contributed by atoms with Crippen molar-refractivity contribution in [2.24, 2.45) is 0 Å². The molecule has 1 fully saturated rings. The second kappa shape index (κ2) is 10.8. The van der Waals surface area contributed by atoms with Gasteiger partial charge in [0.2, 0.25) is 0 Å². The first-order valence-electron chi connectivity index (χ1n) is 12.4. The van der Waals surface area contributed by atoms with Crippen molar-refractivity contribution in [1.29, 1.82) is 0 Å². The number of carbonyl (C=O) groups excluding carboxylic acids is 1. The predicted molar refractivity (Wildman–Crippen MR) is 146 cm³/mol. The van der Waals surface area contributed by atoms with Gasteiger partial charge in [0.25, 0.3) is 5.56 Å². The normalized spacial score (nSPS) is 23.4. The van der Waals surface area contributed by atoms with Crippen LogP contribution in [0.2, 0.25) is 13.1 Å². The van der Waals surface area contributed by atoms with Crippen LogP contribution in [0.5, 0.6) is 0 Å². The third kappa shape index (κ3) is 7.40. The van der Waals surface area contributed by atoms with Crippen LogP contribution in [0.15, 0.2) is 15.8 Å². The lowest BCUT2D eigenvalue weighted by atomic mass is 10.1. The van der Waals surface area contributed by atoms with E-state index in [0.717, 1.165) is 0 Å². The van der Waals surface area contributed by atoms with Gasteiger partial charge in [0.15, 0.2) is 0 Å². The lowest BCUT2D eigenvalue weighted by Crippen LogP contribution is -2.56. The van der Waals surface area contributed by atoms with Gasteiger partial charge in [0, 0.05) is 23.5 Å². The van der Waals surface area contributed by atoms with Crippen LogP contribution in [-0.2, 0) is 29.6 Å². The fraction of sp³-hybridized carbons (Fsp3) is 0.800. The Morgan fingerprint density at radius 3 is 2.11 bits per heavy atom. The summed E-state index contributed by atoms with van der Waals surface area (Å²) in [5.41, 5.74) is -2.97. The molecule has 206 valence electrons. The predicted octanol–water partition coefficient (Wildman–Crippen LogP) is 4.15. The van der Waals surface area contributed by atoms with Crippen LogP contribution in [-0.4, -0.2) is 59.6 Å². The topological polar surface area (TPSA) is 98.0 Å². The number of alkyl halides is 1. The molecule has 1 aliphatic heterocycles. The van der Waals surface area contributed by atoms with Crippen molar-refractivity contribution >= 4 is 30.8 Å². The monoisotopic (exact) mass is 590 g/mol. The quantitative estimate of drug-likeness (QED) is 0.362. The van der Waals surface area contributed by atoms with Gasteiger partial charge < -0.3 is 18.9 Å². The molecule has 1 aromatic rings. The summed E-state index contributed by atoms with van der Waals surface area (Å²) in [4.78, 5) is 39.8. The zero-order chi connectivity index (χ0) is 27.9. The Hall–Kier alpha value is -1.27. The van der Waals surface area contributed by atoms with Gasteiger partial charge in [-0.05, 0) is 62.3 Å². The number of carbonyl (C=O) groups is 1. The molecule has 3 atom stereocenters. The number of nitrogens with zero attached hydrogens (tertiary/aromatic N) is 2. The molecule has 0 radical (unpaired) electrons. The van der Waals surface area contributed by atoms with Gasteiger partial charge in [-0.2, -0.15) is 4.57 Å². The largest absolute Gasteiger partial charge is 0.443 e. The van der Waals surface area contributed by atoms with Crippen LogP contribution in [0.4, 0.5) is 4.79 Å². The Morgan fingerprint density at radius 1 is 1.08 bits per heavy atom.